The number of halogens is 1. The first kappa shape index (κ1) is 14.3. The molecule has 1 atom stereocenters. The molecule has 4 nitrogen and oxygen atoms in total. The number of aromatic nitrogens is 1. The van der Waals surface area contributed by atoms with Gasteiger partial charge in [0.25, 0.3) is 0 Å². The van der Waals surface area contributed by atoms with Crippen molar-refractivity contribution < 1.29 is 9.53 Å². The van der Waals surface area contributed by atoms with Crippen molar-refractivity contribution in [1.29, 1.82) is 5.26 Å². The summed E-state index contributed by atoms with van der Waals surface area (Å²) in [4.78, 5) is 11.6. The minimum absolute atomic E-state index is 0.193. The van der Waals surface area contributed by atoms with Crippen LogP contribution in [0.2, 0.25) is 5.15 Å². The molecule has 0 radical (unpaired) electrons. The molecule has 1 heterocycles. The third kappa shape index (κ3) is 3.60. The predicted octanol–water partition coefficient (Wildman–Crippen LogP) is 3.10. The van der Waals surface area contributed by atoms with E-state index in [9.17, 15) is 4.79 Å². The summed E-state index contributed by atoms with van der Waals surface area (Å²) in [6, 6.07) is 1.99. The molecule has 0 aliphatic carbocycles. The zero-order chi connectivity index (χ0) is 12.8. The number of nitrogens with zero attached hydrogens (tertiary/aromatic N) is 2. The Morgan fingerprint density at radius 3 is 2.94 bits per heavy atom. The van der Waals surface area contributed by atoms with Crippen molar-refractivity contribution in [3.8, 4) is 6.07 Å². The van der Waals surface area contributed by atoms with E-state index in [1.807, 2.05) is 13.0 Å². The van der Waals surface area contributed by atoms with E-state index in [0.29, 0.717) is 22.8 Å². The molecule has 0 saturated carbocycles. The highest BCUT2D eigenvalue weighted by atomic mass is 35.5. The second kappa shape index (κ2) is 6.84. The fourth-order valence-electron chi connectivity index (χ4n) is 1.09. The second-order valence-corrected chi connectivity index (χ2v) is 5.62. The lowest BCUT2D eigenvalue weighted by Gasteiger charge is -2.11. The molecule has 0 N–H and O–H groups in total. The van der Waals surface area contributed by atoms with Crippen LogP contribution in [0.3, 0.4) is 0 Å². The highest BCUT2D eigenvalue weighted by Crippen LogP contribution is 2.35. The number of nitriles is 1. The van der Waals surface area contributed by atoms with Crippen LogP contribution in [0.4, 0.5) is 0 Å². The third-order valence-electron chi connectivity index (χ3n) is 1.90. The number of hydrogen-bond acceptors (Lipinski definition) is 6. The highest BCUT2D eigenvalue weighted by molar-refractivity contribution is 8.02. The maximum Gasteiger partial charge on any atom is 0.319 e. The molecule has 17 heavy (non-hydrogen) atoms. The second-order valence-electron chi connectivity index (χ2n) is 3.01. The van der Waals surface area contributed by atoms with Crippen molar-refractivity contribution in [2.24, 2.45) is 0 Å². The Labute approximate surface area is 113 Å². The highest BCUT2D eigenvalue weighted by Gasteiger charge is 2.23. The summed E-state index contributed by atoms with van der Waals surface area (Å²) in [5, 5.41) is 8.79. The number of ether oxygens (including phenoxy) is 1. The third-order valence-corrected chi connectivity index (χ3v) is 4.66. The summed E-state index contributed by atoms with van der Waals surface area (Å²) in [7, 11) is 0. The Kier molecular flexibility index (Phi) is 5.75. The fourth-order valence-corrected chi connectivity index (χ4v) is 3.41. The maximum atomic E-state index is 11.6. The number of hydrogen-bond donors (Lipinski definition) is 0. The standard InChI is InChI=1S/C10H11ClN2O2S2/c1-3-7(9(14)15-4-2)16-10-6(5-12)8(11)13-17-10/h7H,3-4H2,1-2H3. The Morgan fingerprint density at radius 1 is 1.71 bits per heavy atom. The molecule has 1 rings (SSSR count). The van der Waals surface area contributed by atoms with Gasteiger partial charge in [0.05, 0.1) is 6.61 Å². The Morgan fingerprint density at radius 2 is 2.41 bits per heavy atom. The fraction of sp³-hybridized carbons (Fsp3) is 0.500. The Bertz CT molecular complexity index is 442. The van der Waals surface area contributed by atoms with Gasteiger partial charge in [-0.1, -0.05) is 30.3 Å². The Hall–Kier alpha value is -0.770. The topological polar surface area (TPSA) is 63.0 Å². The summed E-state index contributed by atoms with van der Waals surface area (Å²) in [6.07, 6.45) is 0.629. The van der Waals surface area contributed by atoms with Gasteiger partial charge in [0, 0.05) is 0 Å². The summed E-state index contributed by atoms with van der Waals surface area (Å²) in [5.74, 6) is -0.270. The quantitative estimate of drug-likeness (QED) is 0.616. The largest absolute Gasteiger partial charge is 0.465 e. The number of carbonyl (C=O) groups is 1. The maximum absolute atomic E-state index is 11.6. The van der Waals surface area contributed by atoms with Crippen molar-refractivity contribution >= 4 is 40.9 Å². The summed E-state index contributed by atoms with van der Waals surface area (Å²) >= 11 is 8.17. The first-order chi connectivity index (χ1) is 8.13. The van der Waals surface area contributed by atoms with Crippen LogP contribution in [0.15, 0.2) is 4.21 Å². The van der Waals surface area contributed by atoms with E-state index >= 15 is 0 Å². The van der Waals surface area contributed by atoms with E-state index in [-0.39, 0.29) is 16.4 Å². The zero-order valence-electron chi connectivity index (χ0n) is 9.40. The first-order valence-corrected chi connectivity index (χ1v) is 7.05. The molecular formula is C10H11ClN2O2S2. The van der Waals surface area contributed by atoms with Crippen LogP contribution in [0, 0.1) is 11.3 Å². The molecule has 92 valence electrons. The van der Waals surface area contributed by atoms with E-state index in [0.717, 1.165) is 11.5 Å². The van der Waals surface area contributed by atoms with Gasteiger partial charge in [0.15, 0.2) is 5.15 Å². The van der Waals surface area contributed by atoms with E-state index in [4.69, 9.17) is 21.6 Å². The van der Waals surface area contributed by atoms with Gasteiger partial charge in [0.1, 0.15) is 21.1 Å². The molecular weight excluding hydrogens is 280 g/mol. The lowest BCUT2D eigenvalue weighted by Crippen LogP contribution is -2.19. The van der Waals surface area contributed by atoms with E-state index in [2.05, 4.69) is 4.37 Å². The molecule has 1 aromatic heterocycles. The van der Waals surface area contributed by atoms with Crippen LogP contribution in [-0.4, -0.2) is 22.2 Å². The van der Waals surface area contributed by atoms with Crippen molar-refractivity contribution in [1.82, 2.24) is 4.37 Å². The van der Waals surface area contributed by atoms with Crippen LogP contribution in [-0.2, 0) is 9.53 Å². The van der Waals surface area contributed by atoms with Gasteiger partial charge in [-0.25, -0.2) is 0 Å². The normalized spacial score (nSPS) is 11.9. The van der Waals surface area contributed by atoms with Crippen LogP contribution >= 0.6 is 34.9 Å². The number of carbonyl (C=O) groups excluding carboxylic acids is 1. The van der Waals surface area contributed by atoms with Gasteiger partial charge in [-0.15, -0.1) is 0 Å². The van der Waals surface area contributed by atoms with Crippen LogP contribution in [0.5, 0.6) is 0 Å². The summed E-state index contributed by atoms with van der Waals surface area (Å²) in [5.41, 5.74) is 0.337. The van der Waals surface area contributed by atoms with Gasteiger partial charge in [-0.05, 0) is 24.9 Å². The van der Waals surface area contributed by atoms with Gasteiger partial charge in [0.2, 0.25) is 0 Å². The molecule has 0 spiro atoms. The molecule has 1 unspecified atom stereocenters. The average molecular weight is 291 g/mol. The molecule has 0 aliphatic heterocycles. The SMILES string of the molecule is CCOC(=O)C(CC)Sc1snc(Cl)c1C#N. The number of rotatable bonds is 5. The van der Waals surface area contributed by atoms with Gasteiger partial charge >= 0.3 is 5.97 Å². The Balaban J connectivity index is 2.81. The lowest BCUT2D eigenvalue weighted by molar-refractivity contribution is -0.142. The number of thioether (sulfide) groups is 1. The molecule has 0 bridgehead atoms. The van der Waals surface area contributed by atoms with E-state index in [1.165, 1.54) is 11.8 Å². The van der Waals surface area contributed by atoms with Gasteiger partial charge in [-0.2, -0.15) is 9.64 Å². The monoisotopic (exact) mass is 290 g/mol. The van der Waals surface area contributed by atoms with Gasteiger partial charge in [-0.3, -0.25) is 4.79 Å². The smallest absolute Gasteiger partial charge is 0.319 e. The molecule has 0 saturated heterocycles. The molecule has 0 aromatic carbocycles. The van der Waals surface area contributed by atoms with Crippen molar-refractivity contribution in [3.63, 3.8) is 0 Å². The van der Waals surface area contributed by atoms with Crippen LogP contribution in [0.25, 0.3) is 0 Å². The van der Waals surface area contributed by atoms with Crippen molar-refractivity contribution in [2.45, 2.75) is 29.7 Å². The van der Waals surface area contributed by atoms with Gasteiger partial charge < -0.3 is 4.74 Å². The van der Waals surface area contributed by atoms with Crippen LogP contribution in [0.1, 0.15) is 25.8 Å². The molecule has 0 amide bonds. The number of esters is 1. The van der Waals surface area contributed by atoms with Crippen LogP contribution < -0.4 is 0 Å². The minimum atomic E-state index is -0.321. The van der Waals surface area contributed by atoms with Crippen molar-refractivity contribution in [3.05, 3.63) is 10.7 Å². The minimum Gasteiger partial charge on any atom is -0.465 e. The lowest BCUT2D eigenvalue weighted by atomic mass is 10.3. The zero-order valence-corrected chi connectivity index (χ0v) is 11.8. The first-order valence-electron chi connectivity index (χ1n) is 5.02. The average Bonchev–Trinajstić information content (AvgIpc) is 2.66. The molecule has 7 heteroatoms. The van der Waals surface area contributed by atoms with Crippen molar-refractivity contribution in [2.75, 3.05) is 6.61 Å². The summed E-state index contributed by atoms with van der Waals surface area (Å²) in [6.45, 7) is 4.01. The molecule has 0 aliphatic rings. The van der Waals surface area contributed by atoms with E-state index < -0.39 is 0 Å². The predicted molar refractivity (Wildman–Crippen MR) is 68.4 cm³/mol. The summed E-state index contributed by atoms with van der Waals surface area (Å²) < 4.78 is 9.51. The molecule has 0 fully saturated rings. The van der Waals surface area contributed by atoms with E-state index in [1.54, 1.807) is 6.92 Å². The molecule has 1 aromatic rings.